The average Bonchev–Trinajstić information content (AvgIpc) is 1.86. The van der Waals surface area contributed by atoms with Crippen molar-refractivity contribution in [1.29, 1.82) is 5.41 Å². The van der Waals surface area contributed by atoms with E-state index in [0.29, 0.717) is 5.71 Å². The van der Waals surface area contributed by atoms with Crippen LogP contribution in [0.1, 0.15) is 46.0 Å². The van der Waals surface area contributed by atoms with Crippen molar-refractivity contribution in [3.63, 3.8) is 0 Å². The van der Waals surface area contributed by atoms with Gasteiger partial charge in [0, 0.05) is 11.8 Å². The zero-order valence-corrected chi connectivity index (χ0v) is 7.69. The monoisotopic (exact) mass is 156 g/mol. The quantitative estimate of drug-likeness (QED) is 0.450. The summed E-state index contributed by atoms with van der Waals surface area (Å²) in [6, 6.07) is 0.221. The highest BCUT2D eigenvalue weighted by Gasteiger charge is 2.01. The molecule has 2 heteroatoms. The van der Waals surface area contributed by atoms with Crippen LogP contribution < -0.4 is 5.73 Å². The Morgan fingerprint density at radius 3 is 2.55 bits per heavy atom. The van der Waals surface area contributed by atoms with Gasteiger partial charge in [-0.2, -0.15) is 0 Å². The highest BCUT2D eigenvalue weighted by atomic mass is 14.6. The van der Waals surface area contributed by atoms with E-state index in [1.807, 2.05) is 6.92 Å². The molecule has 0 spiro atoms. The van der Waals surface area contributed by atoms with Crippen molar-refractivity contribution in [2.45, 2.75) is 52.0 Å². The van der Waals surface area contributed by atoms with E-state index in [1.54, 1.807) is 0 Å². The third kappa shape index (κ3) is 7.53. The second-order valence-electron chi connectivity index (χ2n) is 3.24. The van der Waals surface area contributed by atoms with Gasteiger partial charge in [-0.3, -0.25) is 0 Å². The Bertz CT molecular complexity index is 110. The lowest BCUT2D eigenvalue weighted by molar-refractivity contribution is 0.571. The zero-order valence-electron chi connectivity index (χ0n) is 7.69. The first-order valence-corrected chi connectivity index (χ1v) is 4.46. The van der Waals surface area contributed by atoms with Gasteiger partial charge in [0.25, 0.3) is 0 Å². The van der Waals surface area contributed by atoms with E-state index in [9.17, 15) is 0 Å². The summed E-state index contributed by atoms with van der Waals surface area (Å²) in [5.74, 6) is 0. The normalized spacial score (nSPS) is 13.0. The van der Waals surface area contributed by atoms with Crippen molar-refractivity contribution in [3.8, 4) is 0 Å². The molecule has 0 saturated heterocycles. The summed E-state index contributed by atoms with van der Waals surface area (Å²) < 4.78 is 0. The Morgan fingerprint density at radius 1 is 1.45 bits per heavy atom. The third-order valence-corrected chi connectivity index (χ3v) is 1.75. The summed E-state index contributed by atoms with van der Waals surface area (Å²) in [5, 5.41) is 7.23. The first-order valence-electron chi connectivity index (χ1n) is 4.46. The standard InChI is InChI=1S/C9H20N2/c1-3-4-5-6-9(11)7-8(2)10/h9-10H,3-7,11H2,1-2H3. The van der Waals surface area contributed by atoms with Crippen molar-refractivity contribution in [2.75, 3.05) is 0 Å². The van der Waals surface area contributed by atoms with Gasteiger partial charge in [0.2, 0.25) is 0 Å². The molecule has 1 atom stereocenters. The van der Waals surface area contributed by atoms with Crippen molar-refractivity contribution >= 4 is 5.71 Å². The number of unbranched alkanes of at least 4 members (excludes halogenated alkanes) is 2. The fraction of sp³-hybridized carbons (Fsp3) is 0.889. The van der Waals surface area contributed by atoms with Crippen molar-refractivity contribution < 1.29 is 0 Å². The second-order valence-corrected chi connectivity index (χ2v) is 3.24. The first-order chi connectivity index (χ1) is 5.16. The number of nitrogens with one attached hydrogen (secondary N) is 1. The lowest BCUT2D eigenvalue weighted by Crippen LogP contribution is -2.22. The molecule has 0 heterocycles. The Balaban J connectivity index is 3.22. The molecule has 0 aromatic heterocycles. The predicted octanol–water partition coefficient (Wildman–Crippen LogP) is 2.32. The van der Waals surface area contributed by atoms with Crippen molar-refractivity contribution in [1.82, 2.24) is 0 Å². The van der Waals surface area contributed by atoms with E-state index in [4.69, 9.17) is 11.1 Å². The molecule has 0 aliphatic heterocycles. The maximum atomic E-state index is 7.23. The Labute approximate surface area is 69.7 Å². The summed E-state index contributed by atoms with van der Waals surface area (Å²) in [6.45, 7) is 4.01. The summed E-state index contributed by atoms with van der Waals surface area (Å²) in [5.41, 5.74) is 6.48. The molecule has 66 valence electrons. The molecular formula is C9H20N2. The van der Waals surface area contributed by atoms with Gasteiger partial charge in [-0.05, 0) is 19.8 Å². The van der Waals surface area contributed by atoms with Gasteiger partial charge in [0.05, 0.1) is 0 Å². The van der Waals surface area contributed by atoms with Gasteiger partial charge in [-0.25, -0.2) is 0 Å². The van der Waals surface area contributed by atoms with Crippen molar-refractivity contribution in [2.24, 2.45) is 5.73 Å². The van der Waals surface area contributed by atoms with Crippen LogP contribution in [0, 0.1) is 5.41 Å². The van der Waals surface area contributed by atoms with Crippen LogP contribution >= 0.6 is 0 Å². The summed E-state index contributed by atoms with van der Waals surface area (Å²) in [4.78, 5) is 0. The predicted molar refractivity (Wildman–Crippen MR) is 50.1 cm³/mol. The molecule has 0 fully saturated rings. The van der Waals surface area contributed by atoms with Crippen LogP contribution in [0.3, 0.4) is 0 Å². The SMILES string of the molecule is CCCCCC(N)CC(C)=N. The smallest absolute Gasteiger partial charge is 0.00907 e. The Kier molecular flexibility index (Phi) is 6.13. The summed E-state index contributed by atoms with van der Waals surface area (Å²) in [7, 11) is 0. The largest absolute Gasteiger partial charge is 0.327 e. The summed E-state index contributed by atoms with van der Waals surface area (Å²) >= 11 is 0. The van der Waals surface area contributed by atoms with E-state index in [1.165, 1.54) is 19.3 Å². The van der Waals surface area contributed by atoms with Crippen LogP contribution in [0.5, 0.6) is 0 Å². The summed E-state index contributed by atoms with van der Waals surface area (Å²) in [6.07, 6.45) is 5.57. The van der Waals surface area contributed by atoms with Crippen LogP contribution in [0.2, 0.25) is 0 Å². The van der Waals surface area contributed by atoms with Gasteiger partial charge >= 0.3 is 0 Å². The molecule has 1 unspecified atom stereocenters. The van der Waals surface area contributed by atoms with E-state index in [0.717, 1.165) is 12.8 Å². The molecule has 0 bridgehead atoms. The minimum atomic E-state index is 0.221. The van der Waals surface area contributed by atoms with Crippen LogP contribution in [-0.2, 0) is 0 Å². The van der Waals surface area contributed by atoms with Crippen LogP contribution in [0.25, 0.3) is 0 Å². The molecule has 0 aliphatic rings. The molecule has 2 nitrogen and oxygen atoms in total. The fourth-order valence-corrected chi connectivity index (χ4v) is 1.15. The van der Waals surface area contributed by atoms with E-state index in [-0.39, 0.29) is 6.04 Å². The van der Waals surface area contributed by atoms with E-state index in [2.05, 4.69) is 6.92 Å². The van der Waals surface area contributed by atoms with Crippen LogP contribution in [0.15, 0.2) is 0 Å². The maximum absolute atomic E-state index is 7.23. The van der Waals surface area contributed by atoms with Gasteiger partial charge in [0.15, 0.2) is 0 Å². The zero-order chi connectivity index (χ0) is 8.69. The molecule has 0 aromatic carbocycles. The third-order valence-electron chi connectivity index (χ3n) is 1.75. The number of hydrogen-bond acceptors (Lipinski definition) is 2. The average molecular weight is 156 g/mol. The van der Waals surface area contributed by atoms with Gasteiger partial charge < -0.3 is 11.1 Å². The minimum absolute atomic E-state index is 0.221. The van der Waals surface area contributed by atoms with E-state index >= 15 is 0 Å². The van der Waals surface area contributed by atoms with Crippen LogP contribution in [-0.4, -0.2) is 11.8 Å². The lowest BCUT2D eigenvalue weighted by Gasteiger charge is -2.09. The van der Waals surface area contributed by atoms with Crippen LogP contribution in [0.4, 0.5) is 0 Å². The molecule has 0 rings (SSSR count). The number of nitrogens with two attached hydrogens (primary N) is 1. The Morgan fingerprint density at radius 2 is 2.09 bits per heavy atom. The molecule has 0 radical (unpaired) electrons. The second kappa shape index (κ2) is 6.35. The Hall–Kier alpha value is -0.370. The first kappa shape index (κ1) is 10.6. The minimum Gasteiger partial charge on any atom is -0.327 e. The lowest BCUT2D eigenvalue weighted by atomic mass is 10.0. The fourth-order valence-electron chi connectivity index (χ4n) is 1.15. The number of hydrogen-bond donors (Lipinski definition) is 2. The number of rotatable bonds is 6. The van der Waals surface area contributed by atoms with E-state index < -0.39 is 0 Å². The molecule has 0 aromatic rings. The van der Waals surface area contributed by atoms with Gasteiger partial charge in [-0.15, -0.1) is 0 Å². The molecule has 11 heavy (non-hydrogen) atoms. The topological polar surface area (TPSA) is 49.9 Å². The molecular weight excluding hydrogens is 136 g/mol. The molecule has 0 saturated carbocycles. The molecule has 0 aliphatic carbocycles. The van der Waals surface area contributed by atoms with Gasteiger partial charge in [0.1, 0.15) is 0 Å². The highest BCUT2D eigenvalue weighted by Crippen LogP contribution is 2.04. The van der Waals surface area contributed by atoms with Gasteiger partial charge in [-0.1, -0.05) is 26.2 Å². The van der Waals surface area contributed by atoms with Crippen molar-refractivity contribution in [3.05, 3.63) is 0 Å². The molecule has 3 N–H and O–H groups in total. The molecule has 0 amide bonds. The highest BCUT2D eigenvalue weighted by molar-refractivity contribution is 5.79. The maximum Gasteiger partial charge on any atom is 0.00907 e.